The molecule has 0 fully saturated rings. The Morgan fingerprint density at radius 1 is 1.24 bits per heavy atom. The second-order valence-corrected chi connectivity index (χ2v) is 5.14. The normalized spacial score (nSPS) is 10.8. The lowest BCUT2D eigenvalue weighted by Gasteiger charge is -2.07. The maximum absolute atomic E-state index is 13.5. The van der Waals surface area contributed by atoms with E-state index in [0.717, 1.165) is 4.90 Å². The van der Waals surface area contributed by atoms with E-state index in [1.807, 2.05) is 12.3 Å². The van der Waals surface area contributed by atoms with Gasteiger partial charge in [0.15, 0.2) is 5.78 Å². The van der Waals surface area contributed by atoms with Crippen LogP contribution in [0.4, 0.5) is 4.39 Å². The van der Waals surface area contributed by atoms with Gasteiger partial charge in [-0.1, -0.05) is 18.2 Å². The summed E-state index contributed by atoms with van der Waals surface area (Å²) in [6.45, 7) is 0. The molecule has 0 N–H and O–H groups in total. The molecule has 0 radical (unpaired) electrons. The zero-order valence-electron chi connectivity index (χ0n) is 11.8. The second kappa shape index (κ2) is 7.09. The molecule has 2 rings (SSSR count). The fourth-order valence-corrected chi connectivity index (χ4v) is 2.41. The van der Waals surface area contributed by atoms with Crippen LogP contribution in [-0.4, -0.2) is 19.1 Å². The summed E-state index contributed by atoms with van der Waals surface area (Å²) in [5, 5.41) is 0. The third-order valence-corrected chi connectivity index (χ3v) is 3.76. The van der Waals surface area contributed by atoms with Gasteiger partial charge in [-0.05, 0) is 42.7 Å². The standard InChI is InChI=1S/C17H15FO2S/c1-20-16-11-13(8-10-17(16)21-2)15(19)9-7-12-5-3-4-6-14(12)18/h3-11H,1-2H3/b9-7+. The third kappa shape index (κ3) is 3.73. The van der Waals surface area contributed by atoms with Gasteiger partial charge in [0.2, 0.25) is 0 Å². The predicted octanol–water partition coefficient (Wildman–Crippen LogP) is 4.45. The minimum absolute atomic E-state index is 0.191. The number of benzene rings is 2. The zero-order valence-corrected chi connectivity index (χ0v) is 12.6. The molecule has 0 unspecified atom stereocenters. The molecule has 0 amide bonds. The van der Waals surface area contributed by atoms with Crippen molar-refractivity contribution >= 4 is 23.6 Å². The van der Waals surface area contributed by atoms with E-state index in [-0.39, 0.29) is 11.6 Å². The molecule has 0 spiro atoms. The molecular weight excluding hydrogens is 287 g/mol. The van der Waals surface area contributed by atoms with Crippen molar-refractivity contribution in [3.8, 4) is 5.75 Å². The summed E-state index contributed by atoms with van der Waals surface area (Å²) in [6.07, 6.45) is 4.79. The number of halogens is 1. The summed E-state index contributed by atoms with van der Waals surface area (Å²) in [5.74, 6) is 0.119. The fraction of sp³-hybridized carbons (Fsp3) is 0.118. The molecule has 4 heteroatoms. The molecule has 0 aromatic heterocycles. The van der Waals surface area contributed by atoms with Crippen LogP contribution in [0, 0.1) is 5.82 Å². The third-order valence-electron chi connectivity index (χ3n) is 2.99. The van der Waals surface area contributed by atoms with E-state index in [9.17, 15) is 9.18 Å². The van der Waals surface area contributed by atoms with E-state index in [4.69, 9.17) is 4.74 Å². The molecule has 2 nitrogen and oxygen atoms in total. The van der Waals surface area contributed by atoms with Crippen LogP contribution in [0.3, 0.4) is 0 Å². The molecular formula is C17H15FO2S. The summed E-state index contributed by atoms with van der Waals surface area (Å²) in [7, 11) is 1.57. The van der Waals surface area contributed by atoms with E-state index in [1.165, 1.54) is 18.2 Å². The van der Waals surface area contributed by atoms with Gasteiger partial charge in [0.1, 0.15) is 11.6 Å². The number of allylic oxidation sites excluding steroid dienone is 1. The molecule has 0 aliphatic rings. The highest BCUT2D eigenvalue weighted by Gasteiger charge is 2.08. The van der Waals surface area contributed by atoms with Gasteiger partial charge < -0.3 is 4.74 Å². The molecule has 2 aromatic rings. The average molecular weight is 302 g/mol. The highest BCUT2D eigenvalue weighted by molar-refractivity contribution is 7.98. The largest absolute Gasteiger partial charge is 0.496 e. The SMILES string of the molecule is COc1cc(C(=O)/C=C/c2ccccc2F)ccc1SC. The number of rotatable bonds is 5. The maximum Gasteiger partial charge on any atom is 0.185 e. The Morgan fingerprint density at radius 2 is 2.00 bits per heavy atom. The van der Waals surface area contributed by atoms with Crippen LogP contribution in [0.1, 0.15) is 15.9 Å². The number of hydrogen-bond donors (Lipinski definition) is 0. The van der Waals surface area contributed by atoms with Gasteiger partial charge in [-0.25, -0.2) is 4.39 Å². The molecule has 0 heterocycles. The van der Waals surface area contributed by atoms with Crippen LogP contribution in [0.15, 0.2) is 53.4 Å². The van der Waals surface area contributed by atoms with Crippen molar-refractivity contribution < 1.29 is 13.9 Å². The number of ketones is 1. The monoisotopic (exact) mass is 302 g/mol. The summed E-state index contributed by atoms with van der Waals surface area (Å²) in [4.78, 5) is 13.1. The van der Waals surface area contributed by atoms with Gasteiger partial charge in [-0.15, -0.1) is 11.8 Å². The molecule has 108 valence electrons. The number of ether oxygens (including phenoxy) is 1. The number of carbonyl (C=O) groups is 1. The topological polar surface area (TPSA) is 26.3 Å². The molecule has 0 aliphatic carbocycles. The lowest BCUT2D eigenvalue weighted by molar-refractivity contribution is 0.104. The quantitative estimate of drug-likeness (QED) is 0.463. The Labute approximate surface area is 127 Å². The number of methoxy groups -OCH3 is 1. The van der Waals surface area contributed by atoms with Gasteiger partial charge in [0.25, 0.3) is 0 Å². The van der Waals surface area contributed by atoms with E-state index in [2.05, 4.69) is 0 Å². The van der Waals surface area contributed by atoms with E-state index in [0.29, 0.717) is 16.9 Å². The van der Waals surface area contributed by atoms with Crippen LogP contribution in [-0.2, 0) is 0 Å². The first-order chi connectivity index (χ1) is 10.2. The summed E-state index contributed by atoms with van der Waals surface area (Å²) < 4.78 is 18.7. The highest BCUT2D eigenvalue weighted by atomic mass is 32.2. The Bertz CT molecular complexity index is 680. The van der Waals surface area contributed by atoms with Crippen molar-refractivity contribution in [2.24, 2.45) is 0 Å². The Balaban J connectivity index is 2.23. The van der Waals surface area contributed by atoms with Gasteiger partial charge in [0, 0.05) is 16.0 Å². The van der Waals surface area contributed by atoms with Crippen LogP contribution >= 0.6 is 11.8 Å². The minimum Gasteiger partial charge on any atom is -0.496 e. The second-order valence-electron chi connectivity index (χ2n) is 4.29. The first-order valence-electron chi connectivity index (χ1n) is 6.34. The number of hydrogen-bond acceptors (Lipinski definition) is 3. The predicted molar refractivity (Wildman–Crippen MR) is 84.5 cm³/mol. The molecule has 0 saturated heterocycles. The Hall–Kier alpha value is -2.07. The average Bonchev–Trinajstić information content (AvgIpc) is 2.53. The smallest absolute Gasteiger partial charge is 0.185 e. The molecule has 0 saturated carbocycles. The summed E-state index contributed by atoms with van der Waals surface area (Å²) in [6, 6.07) is 11.6. The van der Waals surface area contributed by atoms with Crippen LogP contribution < -0.4 is 4.74 Å². The van der Waals surface area contributed by atoms with Crippen LogP contribution in [0.2, 0.25) is 0 Å². The summed E-state index contributed by atoms with van der Waals surface area (Å²) >= 11 is 1.55. The molecule has 21 heavy (non-hydrogen) atoms. The van der Waals surface area contributed by atoms with Crippen molar-refractivity contribution in [1.29, 1.82) is 0 Å². The van der Waals surface area contributed by atoms with Crippen molar-refractivity contribution in [2.75, 3.05) is 13.4 Å². The van der Waals surface area contributed by atoms with Crippen LogP contribution in [0.5, 0.6) is 5.75 Å². The molecule has 0 bridgehead atoms. The van der Waals surface area contributed by atoms with Crippen molar-refractivity contribution in [1.82, 2.24) is 0 Å². The zero-order chi connectivity index (χ0) is 15.2. The van der Waals surface area contributed by atoms with Crippen molar-refractivity contribution in [3.63, 3.8) is 0 Å². The van der Waals surface area contributed by atoms with E-state index in [1.54, 1.807) is 49.2 Å². The lowest BCUT2D eigenvalue weighted by atomic mass is 10.1. The van der Waals surface area contributed by atoms with Gasteiger partial charge in [-0.2, -0.15) is 0 Å². The summed E-state index contributed by atoms with van der Waals surface area (Å²) in [5.41, 5.74) is 0.899. The van der Waals surface area contributed by atoms with Gasteiger partial charge in [-0.3, -0.25) is 4.79 Å². The maximum atomic E-state index is 13.5. The Kier molecular flexibility index (Phi) is 5.17. The van der Waals surface area contributed by atoms with Crippen molar-refractivity contribution in [2.45, 2.75) is 4.90 Å². The minimum atomic E-state index is -0.350. The van der Waals surface area contributed by atoms with Crippen LogP contribution in [0.25, 0.3) is 6.08 Å². The molecule has 2 aromatic carbocycles. The van der Waals surface area contributed by atoms with Crippen molar-refractivity contribution in [3.05, 3.63) is 65.5 Å². The molecule has 0 aliphatic heterocycles. The lowest BCUT2D eigenvalue weighted by Crippen LogP contribution is -1.96. The van der Waals surface area contributed by atoms with Gasteiger partial charge in [0.05, 0.1) is 7.11 Å². The Morgan fingerprint density at radius 3 is 2.67 bits per heavy atom. The first-order valence-corrected chi connectivity index (χ1v) is 7.57. The molecule has 0 atom stereocenters. The van der Waals surface area contributed by atoms with Gasteiger partial charge >= 0.3 is 0 Å². The highest BCUT2D eigenvalue weighted by Crippen LogP contribution is 2.28. The fourth-order valence-electron chi connectivity index (χ4n) is 1.86. The number of thioether (sulfide) groups is 1. The number of carbonyl (C=O) groups excluding carboxylic acids is 1. The first kappa shape index (κ1) is 15.3. The van der Waals surface area contributed by atoms with E-state index >= 15 is 0 Å². The van der Waals surface area contributed by atoms with E-state index < -0.39 is 0 Å².